The lowest BCUT2D eigenvalue weighted by molar-refractivity contribution is -0.160. The van der Waals surface area contributed by atoms with Crippen molar-refractivity contribution in [3.8, 4) is 0 Å². The predicted octanol–water partition coefficient (Wildman–Crippen LogP) is 2.35. The number of carbonyl (C=O) groups excluding carboxylic acids is 2. The minimum atomic E-state index is -0.663. The van der Waals surface area contributed by atoms with E-state index in [1.807, 2.05) is 0 Å². The quantitative estimate of drug-likeness (QED) is 0.733. The first kappa shape index (κ1) is 17.8. The number of amides is 1. The van der Waals surface area contributed by atoms with Crippen LogP contribution in [0.4, 0.5) is 4.79 Å². The Balaban J connectivity index is 2.83. The molecule has 1 saturated heterocycles. The van der Waals surface area contributed by atoms with Gasteiger partial charge in [-0.1, -0.05) is 0 Å². The molecule has 0 spiro atoms. The summed E-state index contributed by atoms with van der Waals surface area (Å²) in [4.78, 5) is 25.9. The Morgan fingerprint density at radius 2 is 1.52 bits per heavy atom. The molecule has 0 unspecified atom stereocenters. The molecule has 0 bridgehead atoms. The van der Waals surface area contributed by atoms with E-state index in [0.29, 0.717) is 13.0 Å². The van der Waals surface area contributed by atoms with Crippen LogP contribution in [0, 0.1) is 0 Å². The summed E-state index contributed by atoms with van der Waals surface area (Å²) in [7, 11) is 1.56. The molecule has 1 amide bonds. The second-order valence-corrected chi connectivity index (χ2v) is 7.28. The van der Waals surface area contributed by atoms with Gasteiger partial charge >= 0.3 is 12.1 Å². The van der Waals surface area contributed by atoms with Crippen LogP contribution in [0.3, 0.4) is 0 Å². The van der Waals surface area contributed by atoms with Crippen LogP contribution >= 0.6 is 0 Å². The van der Waals surface area contributed by atoms with Gasteiger partial charge in [0, 0.05) is 13.5 Å². The van der Waals surface area contributed by atoms with Crippen molar-refractivity contribution >= 4 is 12.1 Å². The van der Waals surface area contributed by atoms with Crippen LogP contribution in [0.25, 0.3) is 0 Å². The highest BCUT2D eigenvalue weighted by atomic mass is 16.6. The average molecular weight is 301 g/mol. The average Bonchev–Trinajstić information content (AvgIpc) is 2.68. The van der Waals surface area contributed by atoms with Crippen LogP contribution in [-0.2, 0) is 19.0 Å². The van der Waals surface area contributed by atoms with Crippen molar-refractivity contribution in [3.63, 3.8) is 0 Å². The fourth-order valence-electron chi connectivity index (χ4n) is 2.08. The van der Waals surface area contributed by atoms with Crippen molar-refractivity contribution in [1.29, 1.82) is 0 Å². The maximum Gasteiger partial charge on any atom is 0.411 e. The Bertz CT molecular complexity index is 358. The summed E-state index contributed by atoms with van der Waals surface area (Å²) in [6, 6.07) is -0.663. The lowest BCUT2D eigenvalue weighted by atomic mass is 10.1. The van der Waals surface area contributed by atoms with E-state index in [0.717, 1.165) is 0 Å². The third-order valence-electron chi connectivity index (χ3n) is 2.90. The van der Waals surface area contributed by atoms with Crippen molar-refractivity contribution in [3.05, 3.63) is 0 Å². The Kier molecular flexibility index (Phi) is 5.25. The second-order valence-electron chi connectivity index (χ2n) is 7.28. The van der Waals surface area contributed by atoms with Crippen LogP contribution in [0.2, 0.25) is 0 Å². The van der Waals surface area contributed by atoms with Crippen LogP contribution in [-0.4, -0.2) is 54.0 Å². The minimum absolute atomic E-state index is 0.185. The molecule has 0 aromatic heterocycles. The van der Waals surface area contributed by atoms with Gasteiger partial charge in [0.2, 0.25) is 0 Å². The Labute approximate surface area is 126 Å². The van der Waals surface area contributed by atoms with Gasteiger partial charge in [-0.05, 0) is 41.5 Å². The molecule has 1 aliphatic heterocycles. The number of methoxy groups -OCH3 is 1. The van der Waals surface area contributed by atoms with Crippen molar-refractivity contribution in [1.82, 2.24) is 4.90 Å². The fourth-order valence-corrected chi connectivity index (χ4v) is 2.08. The highest BCUT2D eigenvalue weighted by Crippen LogP contribution is 2.25. The zero-order valence-electron chi connectivity index (χ0n) is 14.1. The van der Waals surface area contributed by atoms with Gasteiger partial charge in [-0.3, -0.25) is 4.90 Å². The topological polar surface area (TPSA) is 65.1 Å². The molecule has 6 heteroatoms. The van der Waals surface area contributed by atoms with E-state index in [1.165, 1.54) is 4.90 Å². The second kappa shape index (κ2) is 6.22. The number of ether oxygens (including phenoxy) is 3. The van der Waals surface area contributed by atoms with E-state index in [9.17, 15) is 9.59 Å². The van der Waals surface area contributed by atoms with Gasteiger partial charge in [0.05, 0.1) is 12.6 Å². The molecule has 0 saturated carbocycles. The van der Waals surface area contributed by atoms with Gasteiger partial charge < -0.3 is 14.2 Å². The van der Waals surface area contributed by atoms with Crippen LogP contribution in [0.1, 0.15) is 48.0 Å². The molecule has 2 atom stereocenters. The van der Waals surface area contributed by atoms with E-state index in [4.69, 9.17) is 14.2 Å². The van der Waals surface area contributed by atoms with Crippen LogP contribution in [0.15, 0.2) is 0 Å². The monoisotopic (exact) mass is 301 g/mol. The molecule has 0 aliphatic carbocycles. The highest BCUT2D eigenvalue weighted by Gasteiger charge is 2.43. The molecule has 1 aliphatic rings. The maximum absolute atomic E-state index is 12.3. The van der Waals surface area contributed by atoms with Gasteiger partial charge in [0.1, 0.15) is 17.2 Å². The lowest BCUT2D eigenvalue weighted by Gasteiger charge is -2.29. The largest absolute Gasteiger partial charge is 0.458 e. The molecule has 0 aromatic rings. The summed E-state index contributed by atoms with van der Waals surface area (Å²) in [6.45, 7) is 11.1. The molecule has 21 heavy (non-hydrogen) atoms. The number of hydrogen-bond acceptors (Lipinski definition) is 5. The van der Waals surface area contributed by atoms with E-state index in [-0.39, 0.29) is 6.10 Å². The van der Waals surface area contributed by atoms with E-state index >= 15 is 0 Å². The fraction of sp³-hybridized carbons (Fsp3) is 0.867. The highest BCUT2D eigenvalue weighted by molar-refractivity contribution is 5.82. The summed E-state index contributed by atoms with van der Waals surface area (Å²) >= 11 is 0. The molecular formula is C15H27NO5. The smallest absolute Gasteiger partial charge is 0.411 e. The van der Waals surface area contributed by atoms with Gasteiger partial charge in [-0.2, -0.15) is 0 Å². The number of carbonyl (C=O) groups is 2. The molecule has 0 radical (unpaired) electrons. The van der Waals surface area contributed by atoms with Crippen LogP contribution in [0.5, 0.6) is 0 Å². The summed E-state index contributed by atoms with van der Waals surface area (Å²) in [6.07, 6.45) is -0.280. The van der Waals surface area contributed by atoms with Gasteiger partial charge in [0.15, 0.2) is 0 Å². The molecule has 122 valence electrons. The predicted molar refractivity (Wildman–Crippen MR) is 78.0 cm³/mol. The molecule has 1 heterocycles. The molecule has 0 N–H and O–H groups in total. The Hall–Kier alpha value is -1.30. The van der Waals surface area contributed by atoms with Crippen molar-refractivity contribution < 1.29 is 23.8 Å². The number of likely N-dealkylation sites (tertiary alicyclic amines) is 1. The minimum Gasteiger partial charge on any atom is -0.458 e. The number of rotatable bonds is 2. The third-order valence-corrected chi connectivity index (χ3v) is 2.90. The summed E-state index contributed by atoms with van der Waals surface area (Å²) in [5, 5.41) is 0. The standard InChI is InChI=1S/C15H27NO5/c1-14(2,3)20-12(17)11-8-10(19-7)9-16(11)13(18)21-15(4,5)6/h10-11H,8-9H2,1-7H3/t10-,11+/m0/s1. The molecular weight excluding hydrogens is 274 g/mol. The maximum atomic E-state index is 12.3. The van der Waals surface area contributed by atoms with Gasteiger partial charge in [0.25, 0.3) is 0 Å². The summed E-state index contributed by atoms with van der Waals surface area (Å²) < 4.78 is 16.0. The van der Waals surface area contributed by atoms with Gasteiger partial charge in [-0.25, -0.2) is 9.59 Å². The SMILES string of the molecule is CO[C@H]1C[C@H](C(=O)OC(C)(C)C)N(C(=O)OC(C)(C)C)C1. The molecule has 1 rings (SSSR count). The van der Waals surface area contributed by atoms with E-state index < -0.39 is 29.3 Å². The first-order chi connectivity index (χ1) is 9.43. The Morgan fingerprint density at radius 1 is 1.00 bits per heavy atom. The zero-order valence-corrected chi connectivity index (χ0v) is 14.1. The normalized spacial score (nSPS) is 23.1. The number of hydrogen-bond donors (Lipinski definition) is 0. The van der Waals surface area contributed by atoms with Crippen molar-refractivity contribution in [2.75, 3.05) is 13.7 Å². The Morgan fingerprint density at radius 3 is 1.95 bits per heavy atom. The van der Waals surface area contributed by atoms with Crippen molar-refractivity contribution in [2.24, 2.45) is 0 Å². The molecule has 1 fully saturated rings. The first-order valence-electron chi connectivity index (χ1n) is 7.18. The summed E-state index contributed by atoms with van der Waals surface area (Å²) in [5.74, 6) is -0.423. The first-order valence-corrected chi connectivity index (χ1v) is 7.18. The van der Waals surface area contributed by atoms with E-state index in [2.05, 4.69) is 0 Å². The van der Waals surface area contributed by atoms with E-state index in [1.54, 1.807) is 48.7 Å². The molecule has 6 nitrogen and oxygen atoms in total. The molecule has 0 aromatic carbocycles. The van der Waals surface area contributed by atoms with Gasteiger partial charge in [-0.15, -0.1) is 0 Å². The third kappa shape index (κ3) is 5.53. The van der Waals surface area contributed by atoms with Crippen molar-refractivity contribution in [2.45, 2.75) is 71.3 Å². The zero-order chi connectivity index (χ0) is 16.4. The number of esters is 1. The lowest BCUT2D eigenvalue weighted by Crippen LogP contribution is -2.45. The van der Waals surface area contributed by atoms with Crippen LogP contribution < -0.4 is 0 Å². The number of nitrogens with zero attached hydrogens (tertiary/aromatic N) is 1. The summed E-state index contributed by atoms with van der Waals surface area (Å²) in [5.41, 5.74) is -1.21.